The summed E-state index contributed by atoms with van der Waals surface area (Å²) in [4.78, 5) is 7.30. The fourth-order valence-electron chi connectivity index (χ4n) is 5.35. The number of piperidine rings is 1. The van der Waals surface area contributed by atoms with Gasteiger partial charge in [0.2, 0.25) is 5.89 Å². The Labute approximate surface area is 196 Å². The summed E-state index contributed by atoms with van der Waals surface area (Å²) in [7, 11) is 1.76. The maximum Gasteiger partial charge on any atom is 0.240 e. The fourth-order valence-corrected chi connectivity index (χ4v) is 5.35. The minimum absolute atomic E-state index is 0.0607. The molecule has 1 N–H and O–H groups in total. The Morgan fingerprint density at radius 3 is 2.55 bits per heavy atom. The van der Waals surface area contributed by atoms with Crippen LogP contribution in [0.5, 0.6) is 5.75 Å². The van der Waals surface area contributed by atoms with Crippen molar-refractivity contribution in [2.45, 2.75) is 50.0 Å². The van der Waals surface area contributed by atoms with Gasteiger partial charge in [0.1, 0.15) is 5.75 Å². The Balaban J connectivity index is 1.08. The number of hydrogen-bond acceptors (Lipinski definition) is 6. The molecular weight excluding hydrogens is 412 g/mol. The highest BCUT2D eigenvalue weighted by Crippen LogP contribution is 2.47. The minimum Gasteiger partial charge on any atom is -0.496 e. The number of likely N-dealkylation sites (tertiary alicyclic amines) is 1. The third-order valence-electron chi connectivity index (χ3n) is 7.48. The number of nitrogens with zero attached hydrogens (tertiary/aromatic N) is 3. The Morgan fingerprint density at radius 2 is 1.82 bits per heavy atom. The first-order valence-electron chi connectivity index (χ1n) is 12.2. The van der Waals surface area contributed by atoms with Crippen molar-refractivity contribution in [2.75, 3.05) is 33.3 Å². The van der Waals surface area contributed by atoms with Crippen molar-refractivity contribution in [3.05, 3.63) is 77.4 Å². The van der Waals surface area contributed by atoms with Crippen molar-refractivity contribution in [3.63, 3.8) is 0 Å². The standard InChI is InChI=1S/C27H34N4O2/c1-32-24-11-6-5-10-23(24)21-12-17-31(18-13-21)19-16-28-20-25-29-26(30-33-25)27(14-7-15-27)22-8-3-2-4-9-22/h2-6,8-11,21,28H,7,12-20H2,1H3. The van der Waals surface area contributed by atoms with E-state index < -0.39 is 0 Å². The van der Waals surface area contributed by atoms with E-state index in [1.165, 1.54) is 30.4 Å². The summed E-state index contributed by atoms with van der Waals surface area (Å²) in [5, 5.41) is 7.85. The van der Waals surface area contributed by atoms with E-state index in [0.29, 0.717) is 18.4 Å². The predicted octanol–water partition coefficient (Wildman–Crippen LogP) is 4.52. The first-order chi connectivity index (χ1) is 16.3. The van der Waals surface area contributed by atoms with Gasteiger partial charge in [0, 0.05) is 13.1 Å². The molecule has 174 valence electrons. The molecule has 1 aromatic heterocycles. The molecule has 1 saturated carbocycles. The van der Waals surface area contributed by atoms with Crippen LogP contribution in [0.2, 0.25) is 0 Å². The lowest BCUT2D eigenvalue weighted by atomic mass is 9.64. The molecule has 1 aliphatic heterocycles. The maximum absolute atomic E-state index is 5.60. The van der Waals surface area contributed by atoms with Crippen molar-refractivity contribution < 1.29 is 9.26 Å². The molecular formula is C27H34N4O2. The smallest absolute Gasteiger partial charge is 0.240 e. The van der Waals surface area contributed by atoms with Crippen LogP contribution in [-0.4, -0.2) is 48.3 Å². The van der Waals surface area contributed by atoms with Crippen LogP contribution in [0.25, 0.3) is 0 Å². The summed E-state index contributed by atoms with van der Waals surface area (Å²) in [6.45, 7) is 4.81. The molecule has 33 heavy (non-hydrogen) atoms. The van der Waals surface area contributed by atoms with Crippen LogP contribution < -0.4 is 10.1 Å². The van der Waals surface area contributed by atoms with Gasteiger partial charge in [0.05, 0.1) is 19.1 Å². The van der Waals surface area contributed by atoms with Crippen LogP contribution >= 0.6 is 0 Å². The van der Waals surface area contributed by atoms with Gasteiger partial charge in [-0.1, -0.05) is 60.1 Å². The number of para-hydroxylation sites is 1. The van der Waals surface area contributed by atoms with Gasteiger partial charge in [-0.25, -0.2) is 0 Å². The highest BCUT2D eigenvalue weighted by atomic mass is 16.5. The van der Waals surface area contributed by atoms with Crippen LogP contribution in [-0.2, 0) is 12.0 Å². The van der Waals surface area contributed by atoms with E-state index in [0.717, 1.165) is 50.6 Å². The number of rotatable bonds is 9. The average molecular weight is 447 g/mol. The Morgan fingerprint density at radius 1 is 1.06 bits per heavy atom. The lowest BCUT2D eigenvalue weighted by Crippen LogP contribution is -2.38. The number of nitrogens with one attached hydrogen (secondary N) is 1. The molecule has 0 amide bonds. The molecule has 6 nitrogen and oxygen atoms in total. The predicted molar refractivity (Wildman–Crippen MR) is 128 cm³/mol. The van der Waals surface area contributed by atoms with Gasteiger partial charge in [-0.15, -0.1) is 0 Å². The minimum atomic E-state index is -0.0607. The van der Waals surface area contributed by atoms with E-state index >= 15 is 0 Å². The Hall–Kier alpha value is -2.70. The summed E-state index contributed by atoms with van der Waals surface area (Å²) in [5.74, 6) is 3.13. The fraction of sp³-hybridized carbons (Fsp3) is 0.481. The van der Waals surface area contributed by atoms with Gasteiger partial charge in [-0.05, 0) is 61.9 Å². The largest absolute Gasteiger partial charge is 0.496 e. The second-order valence-corrected chi connectivity index (χ2v) is 9.35. The molecule has 6 heteroatoms. The Bertz CT molecular complexity index is 1020. The average Bonchev–Trinajstić information content (AvgIpc) is 3.31. The molecule has 2 aromatic carbocycles. The van der Waals surface area contributed by atoms with Gasteiger partial charge >= 0.3 is 0 Å². The zero-order valence-electron chi connectivity index (χ0n) is 19.5. The topological polar surface area (TPSA) is 63.4 Å². The van der Waals surface area contributed by atoms with Crippen LogP contribution in [0, 0.1) is 0 Å². The number of methoxy groups -OCH3 is 1. The zero-order chi connectivity index (χ0) is 22.5. The Kier molecular flexibility index (Phi) is 6.74. The lowest BCUT2D eigenvalue weighted by Gasteiger charge is -2.39. The quantitative estimate of drug-likeness (QED) is 0.488. The van der Waals surface area contributed by atoms with Crippen LogP contribution in [0.1, 0.15) is 60.9 Å². The molecule has 2 fully saturated rings. The second kappa shape index (κ2) is 10.1. The van der Waals surface area contributed by atoms with E-state index in [-0.39, 0.29) is 5.41 Å². The second-order valence-electron chi connectivity index (χ2n) is 9.35. The normalized spacial score (nSPS) is 18.7. The number of aromatic nitrogens is 2. The highest BCUT2D eigenvalue weighted by molar-refractivity contribution is 5.37. The van der Waals surface area contributed by atoms with E-state index in [9.17, 15) is 0 Å². The van der Waals surface area contributed by atoms with Gasteiger partial charge < -0.3 is 19.5 Å². The van der Waals surface area contributed by atoms with Crippen LogP contribution in [0.3, 0.4) is 0 Å². The third-order valence-corrected chi connectivity index (χ3v) is 7.48. The monoisotopic (exact) mass is 446 g/mol. The number of benzene rings is 2. The summed E-state index contributed by atoms with van der Waals surface area (Å²) < 4.78 is 11.2. The van der Waals surface area contributed by atoms with Gasteiger partial charge in [-0.3, -0.25) is 0 Å². The third kappa shape index (κ3) is 4.68. The molecule has 3 aromatic rings. The van der Waals surface area contributed by atoms with Crippen molar-refractivity contribution in [3.8, 4) is 5.75 Å². The molecule has 0 bridgehead atoms. The SMILES string of the molecule is COc1ccccc1C1CCN(CCNCc2nc(C3(c4ccccc4)CCC3)no2)CC1. The van der Waals surface area contributed by atoms with E-state index in [1.54, 1.807) is 7.11 Å². The van der Waals surface area contributed by atoms with E-state index in [1.807, 2.05) is 6.07 Å². The molecule has 0 atom stereocenters. The lowest BCUT2D eigenvalue weighted by molar-refractivity contribution is 0.210. The first-order valence-corrected chi connectivity index (χ1v) is 12.2. The summed E-state index contributed by atoms with van der Waals surface area (Å²) >= 11 is 0. The summed E-state index contributed by atoms with van der Waals surface area (Å²) in [6.07, 6.45) is 5.75. The molecule has 0 unspecified atom stereocenters. The van der Waals surface area contributed by atoms with Gasteiger partial charge in [0.15, 0.2) is 5.82 Å². The van der Waals surface area contributed by atoms with Crippen molar-refractivity contribution >= 4 is 0 Å². The van der Waals surface area contributed by atoms with Crippen molar-refractivity contribution in [1.82, 2.24) is 20.4 Å². The molecule has 1 aliphatic carbocycles. The summed E-state index contributed by atoms with van der Waals surface area (Å²) in [5.41, 5.74) is 2.59. The van der Waals surface area contributed by atoms with Crippen molar-refractivity contribution in [2.24, 2.45) is 0 Å². The first kappa shape index (κ1) is 22.1. The highest BCUT2D eigenvalue weighted by Gasteiger charge is 2.44. The van der Waals surface area contributed by atoms with Crippen LogP contribution in [0.4, 0.5) is 0 Å². The van der Waals surface area contributed by atoms with E-state index in [4.69, 9.17) is 14.2 Å². The van der Waals surface area contributed by atoms with Crippen molar-refractivity contribution in [1.29, 1.82) is 0 Å². The maximum atomic E-state index is 5.60. The van der Waals surface area contributed by atoms with Gasteiger partial charge in [-0.2, -0.15) is 4.98 Å². The molecule has 0 radical (unpaired) electrons. The summed E-state index contributed by atoms with van der Waals surface area (Å²) in [6, 6.07) is 19.1. The molecule has 1 saturated heterocycles. The van der Waals surface area contributed by atoms with Gasteiger partial charge in [0.25, 0.3) is 0 Å². The van der Waals surface area contributed by atoms with Crippen LogP contribution in [0.15, 0.2) is 59.1 Å². The number of ether oxygens (including phenoxy) is 1. The molecule has 0 spiro atoms. The van der Waals surface area contributed by atoms with E-state index in [2.05, 4.69) is 63.9 Å². The molecule has 5 rings (SSSR count). The number of hydrogen-bond donors (Lipinski definition) is 1. The zero-order valence-corrected chi connectivity index (χ0v) is 19.5. The molecule has 2 heterocycles. The molecule has 2 aliphatic rings.